The first kappa shape index (κ1) is 17.4. The van der Waals surface area contributed by atoms with Crippen LogP contribution in [0, 0.1) is 0 Å². The fourth-order valence-electron chi connectivity index (χ4n) is 2.45. The maximum atomic E-state index is 12.3. The van der Waals surface area contributed by atoms with Crippen molar-refractivity contribution in [1.82, 2.24) is 20.5 Å². The maximum Gasteiger partial charge on any atom is 0.240 e. The first-order valence-electron chi connectivity index (χ1n) is 7.96. The van der Waals surface area contributed by atoms with E-state index in [4.69, 9.17) is 4.74 Å². The minimum absolute atomic E-state index is 0.0347. The fourth-order valence-corrected chi connectivity index (χ4v) is 2.45. The number of nitrogens with one attached hydrogen (secondary N) is 2. The minimum Gasteiger partial charge on any atom is -0.380 e. The van der Waals surface area contributed by atoms with Gasteiger partial charge in [0.1, 0.15) is 0 Å². The number of hydrogen-bond donors (Lipinski definition) is 2. The van der Waals surface area contributed by atoms with E-state index in [1.54, 1.807) is 17.3 Å². The van der Waals surface area contributed by atoms with Gasteiger partial charge in [-0.1, -0.05) is 6.07 Å². The highest BCUT2D eigenvalue weighted by molar-refractivity contribution is 5.88. The smallest absolute Gasteiger partial charge is 0.240 e. The van der Waals surface area contributed by atoms with Crippen molar-refractivity contribution >= 4 is 11.8 Å². The van der Waals surface area contributed by atoms with Crippen LogP contribution in [0.25, 0.3) is 0 Å². The lowest BCUT2D eigenvalue weighted by molar-refractivity contribution is -0.138. The first-order chi connectivity index (χ1) is 11.2. The SMILES string of the molecule is CCOCCN1CCNC(CC(=O)NCc2cccnc2)C1=O. The van der Waals surface area contributed by atoms with Gasteiger partial charge in [-0.3, -0.25) is 14.6 Å². The van der Waals surface area contributed by atoms with E-state index in [0.717, 1.165) is 5.56 Å². The quantitative estimate of drug-likeness (QED) is 0.655. The van der Waals surface area contributed by atoms with Crippen LogP contribution in [0.3, 0.4) is 0 Å². The van der Waals surface area contributed by atoms with Gasteiger partial charge in [0.05, 0.1) is 19.1 Å². The Kier molecular flexibility index (Phi) is 6.96. The Labute approximate surface area is 136 Å². The highest BCUT2D eigenvalue weighted by Crippen LogP contribution is 2.05. The average Bonchev–Trinajstić information content (AvgIpc) is 2.57. The molecule has 1 saturated heterocycles. The van der Waals surface area contributed by atoms with Crippen LogP contribution in [0.4, 0.5) is 0 Å². The normalized spacial score (nSPS) is 18.0. The largest absolute Gasteiger partial charge is 0.380 e. The van der Waals surface area contributed by atoms with E-state index >= 15 is 0 Å². The van der Waals surface area contributed by atoms with E-state index in [2.05, 4.69) is 15.6 Å². The van der Waals surface area contributed by atoms with Crippen LogP contribution in [-0.2, 0) is 20.9 Å². The maximum absolute atomic E-state index is 12.3. The van der Waals surface area contributed by atoms with Gasteiger partial charge >= 0.3 is 0 Å². The average molecular weight is 320 g/mol. The lowest BCUT2D eigenvalue weighted by Crippen LogP contribution is -2.56. The van der Waals surface area contributed by atoms with Crippen LogP contribution in [-0.4, -0.2) is 60.6 Å². The predicted octanol–water partition coefficient (Wildman–Crippen LogP) is -0.0752. The van der Waals surface area contributed by atoms with E-state index in [1.807, 2.05) is 19.1 Å². The topological polar surface area (TPSA) is 83.6 Å². The molecule has 1 aromatic rings. The number of carbonyl (C=O) groups excluding carboxylic acids is 2. The second-order valence-electron chi connectivity index (χ2n) is 5.37. The van der Waals surface area contributed by atoms with Crippen LogP contribution >= 0.6 is 0 Å². The molecule has 7 heteroatoms. The van der Waals surface area contributed by atoms with Crippen LogP contribution in [0.15, 0.2) is 24.5 Å². The molecule has 2 amide bonds. The molecule has 1 unspecified atom stereocenters. The molecule has 1 atom stereocenters. The predicted molar refractivity (Wildman–Crippen MR) is 85.6 cm³/mol. The van der Waals surface area contributed by atoms with E-state index < -0.39 is 6.04 Å². The van der Waals surface area contributed by atoms with E-state index in [9.17, 15) is 9.59 Å². The van der Waals surface area contributed by atoms with Crippen molar-refractivity contribution in [3.63, 3.8) is 0 Å². The zero-order chi connectivity index (χ0) is 16.5. The highest BCUT2D eigenvalue weighted by atomic mass is 16.5. The number of aromatic nitrogens is 1. The Morgan fingerprint density at radius 3 is 3.17 bits per heavy atom. The van der Waals surface area contributed by atoms with Crippen molar-refractivity contribution in [2.75, 3.05) is 32.8 Å². The summed E-state index contributed by atoms with van der Waals surface area (Å²) in [6.07, 6.45) is 3.54. The molecule has 0 aliphatic carbocycles. The Balaban J connectivity index is 1.76. The molecule has 126 valence electrons. The molecule has 7 nitrogen and oxygen atoms in total. The molecule has 1 fully saturated rings. The summed E-state index contributed by atoms with van der Waals surface area (Å²) in [5.74, 6) is -0.182. The molecule has 2 rings (SSSR count). The molecular formula is C16H24N4O3. The van der Waals surface area contributed by atoms with E-state index in [1.165, 1.54) is 0 Å². The zero-order valence-electron chi connectivity index (χ0n) is 13.5. The van der Waals surface area contributed by atoms with Gasteiger partial charge in [-0.15, -0.1) is 0 Å². The Hall–Kier alpha value is -1.99. The number of carbonyl (C=O) groups is 2. The van der Waals surface area contributed by atoms with Gasteiger partial charge < -0.3 is 20.3 Å². The number of amides is 2. The molecule has 1 aliphatic rings. The molecule has 2 heterocycles. The lowest BCUT2D eigenvalue weighted by atomic mass is 10.1. The third-order valence-electron chi connectivity index (χ3n) is 3.69. The summed E-state index contributed by atoms with van der Waals surface area (Å²) in [6.45, 7) is 5.43. The van der Waals surface area contributed by atoms with Crippen LogP contribution in [0.5, 0.6) is 0 Å². The Morgan fingerprint density at radius 2 is 2.43 bits per heavy atom. The Morgan fingerprint density at radius 1 is 1.57 bits per heavy atom. The molecule has 2 N–H and O–H groups in total. The molecular weight excluding hydrogens is 296 g/mol. The van der Waals surface area contributed by atoms with Gasteiger partial charge in [0, 0.05) is 45.2 Å². The zero-order valence-corrected chi connectivity index (χ0v) is 13.5. The number of pyridine rings is 1. The second-order valence-corrected chi connectivity index (χ2v) is 5.37. The molecule has 0 spiro atoms. The summed E-state index contributed by atoms with van der Waals surface area (Å²) < 4.78 is 5.29. The van der Waals surface area contributed by atoms with Crippen molar-refractivity contribution in [1.29, 1.82) is 0 Å². The van der Waals surface area contributed by atoms with Gasteiger partial charge in [-0.05, 0) is 18.6 Å². The first-order valence-corrected chi connectivity index (χ1v) is 7.96. The van der Waals surface area contributed by atoms with Crippen LogP contribution in [0.2, 0.25) is 0 Å². The summed E-state index contributed by atoms with van der Waals surface area (Å²) in [5, 5.41) is 5.93. The summed E-state index contributed by atoms with van der Waals surface area (Å²) in [5.41, 5.74) is 0.933. The number of piperazine rings is 1. The third kappa shape index (κ3) is 5.61. The number of rotatable bonds is 8. The molecule has 0 bridgehead atoms. The molecule has 1 aliphatic heterocycles. The van der Waals surface area contributed by atoms with Crippen molar-refractivity contribution < 1.29 is 14.3 Å². The monoisotopic (exact) mass is 320 g/mol. The Bertz CT molecular complexity index is 509. The highest BCUT2D eigenvalue weighted by Gasteiger charge is 2.29. The molecule has 0 aromatic carbocycles. The molecule has 23 heavy (non-hydrogen) atoms. The van der Waals surface area contributed by atoms with E-state index in [0.29, 0.717) is 39.4 Å². The molecule has 0 radical (unpaired) electrons. The van der Waals surface area contributed by atoms with E-state index in [-0.39, 0.29) is 18.2 Å². The summed E-state index contributed by atoms with van der Waals surface area (Å²) >= 11 is 0. The number of hydrogen-bond acceptors (Lipinski definition) is 5. The third-order valence-corrected chi connectivity index (χ3v) is 3.69. The van der Waals surface area contributed by atoms with Crippen LogP contribution in [0.1, 0.15) is 18.9 Å². The van der Waals surface area contributed by atoms with Gasteiger partial charge in [-0.2, -0.15) is 0 Å². The summed E-state index contributed by atoms with van der Waals surface area (Å²) in [4.78, 5) is 30.1. The van der Waals surface area contributed by atoms with Crippen molar-refractivity contribution in [2.24, 2.45) is 0 Å². The second kappa shape index (κ2) is 9.22. The van der Waals surface area contributed by atoms with Gasteiger partial charge in [0.15, 0.2) is 0 Å². The summed E-state index contributed by atoms with van der Waals surface area (Å²) in [6, 6.07) is 3.26. The van der Waals surface area contributed by atoms with Gasteiger partial charge in [0.2, 0.25) is 11.8 Å². The van der Waals surface area contributed by atoms with Gasteiger partial charge in [-0.25, -0.2) is 0 Å². The minimum atomic E-state index is -0.459. The van der Waals surface area contributed by atoms with Crippen LogP contribution < -0.4 is 10.6 Å². The number of ether oxygens (including phenoxy) is 1. The standard InChI is InChI=1S/C16H24N4O3/c1-2-23-9-8-20-7-6-18-14(16(20)22)10-15(21)19-12-13-4-3-5-17-11-13/h3-5,11,14,18H,2,6-10,12H2,1H3,(H,19,21). The summed E-state index contributed by atoms with van der Waals surface area (Å²) in [7, 11) is 0. The van der Waals surface area contributed by atoms with Gasteiger partial charge in [0.25, 0.3) is 0 Å². The van der Waals surface area contributed by atoms with Crippen molar-refractivity contribution in [2.45, 2.75) is 25.9 Å². The molecule has 1 aromatic heterocycles. The molecule has 0 saturated carbocycles. The lowest BCUT2D eigenvalue weighted by Gasteiger charge is -2.32. The fraction of sp³-hybridized carbons (Fsp3) is 0.562. The number of nitrogens with zero attached hydrogens (tertiary/aromatic N) is 2. The van der Waals surface area contributed by atoms with Crippen molar-refractivity contribution in [3.05, 3.63) is 30.1 Å². The van der Waals surface area contributed by atoms with Crippen molar-refractivity contribution in [3.8, 4) is 0 Å².